The molecule has 2 aliphatic rings. The molecule has 2 heterocycles. The molecule has 11 heteroatoms. The van der Waals surface area contributed by atoms with Crippen LogP contribution in [0.4, 0.5) is 0 Å². The van der Waals surface area contributed by atoms with Crippen LogP contribution in [0.1, 0.15) is 61.6 Å². The summed E-state index contributed by atoms with van der Waals surface area (Å²) in [6.45, 7) is 15.8. The van der Waals surface area contributed by atoms with Crippen LogP contribution in [0, 0.1) is 13.8 Å². The van der Waals surface area contributed by atoms with Gasteiger partial charge in [-0.15, -0.1) is 0 Å². The highest BCUT2D eigenvalue weighted by Crippen LogP contribution is 2.41. The average molecular weight is 694 g/mol. The molecule has 1 amide bonds. The summed E-state index contributed by atoms with van der Waals surface area (Å²) in [5, 5.41) is 0. The zero-order valence-corrected chi connectivity index (χ0v) is 30.6. The second kappa shape index (κ2) is 16.3. The number of carbonyl (C=O) groups is 1. The van der Waals surface area contributed by atoms with E-state index in [9.17, 15) is 13.2 Å². The zero-order chi connectivity index (χ0) is 35.1. The molecule has 0 aromatic heterocycles. The summed E-state index contributed by atoms with van der Waals surface area (Å²) >= 11 is 0. The zero-order valence-electron chi connectivity index (χ0n) is 29.8. The number of aryl methyl sites for hydroxylation is 2. The van der Waals surface area contributed by atoms with Gasteiger partial charge in [-0.05, 0) is 113 Å². The molecule has 5 rings (SSSR count). The Balaban J connectivity index is 1.38. The molecule has 2 aliphatic heterocycles. The first-order valence-electron chi connectivity index (χ1n) is 17.5. The van der Waals surface area contributed by atoms with Gasteiger partial charge in [-0.25, -0.2) is 8.42 Å². The van der Waals surface area contributed by atoms with Crippen molar-refractivity contribution in [3.8, 4) is 23.0 Å². The molecule has 0 bridgehead atoms. The van der Waals surface area contributed by atoms with Crippen LogP contribution in [0.3, 0.4) is 0 Å². The third kappa shape index (κ3) is 8.33. The van der Waals surface area contributed by atoms with Gasteiger partial charge in [0.05, 0.1) is 37.9 Å². The molecule has 1 fully saturated rings. The molecule has 266 valence electrons. The molecule has 10 nitrogen and oxygen atoms in total. The average Bonchev–Trinajstić information content (AvgIpc) is 3.09. The molecule has 0 radical (unpaired) electrons. The Morgan fingerprint density at radius 3 is 2.00 bits per heavy atom. The predicted molar refractivity (Wildman–Crippen MR) is 191 cm³/mol. The van der Waals surface area contributed by atoms with Crippen molar-refractivity contribution in [3.63, 3.8) is 0 Å². The summed E-state index contributed by atoms with van der Waals surface area (Å²) in [5.41, 5.74) is 4.99. The van der Waals surface area contributed by atoms with Crippen molar-refractivity contribution >= 4 is 15.9 Å². The minimum atomic E-state index is -3.66. The van der Waals surface area contributed by atoms with Gasteiger partial charge >= 0.3 is 0 Å². The first-order chi connectivity index (χ1) is 23.6. The molecule has 0 aliphatic carbocycles. The number of fused-ring (bicyclic) bond motifs is 1. The maximum atomic E-state index is 13.9. The minimum Gasteiger partial charge on any atom is -0.490 e. The van der Waals surface area contributed by atoms with Crippen molar-refractivity contribution in [1.29, 1.82) is 0 Å². The highest BCUT2D eigenvalue weighted by molar-refractivity contribution is 7.89. The number of hydrogen-bond donors (Lipinski definition) is 0. The molecule has 0 spiro atoms. The maximum Gasteiger partial charge on any atom is 0.243 e. The molecule has 0 saturated carbocycles. The minimum absolute atomic E-state index is 0.00472. The van der Waals surface area contributed by atoms with Crippen LogP contribution in [-0.2, 0) is 27.7 Å². The van der Waals surface area contributed by atoms with Gasteiger partial charge in [0.1, 0.15) is 0 Å². The number of sulfonamides is 1. The largest absolute Gasteiger partial charge is 0.490 e. The Kier molecular flexibility index (Phi) is 12.1. The van der Waals surface area contributed by atoms with E-state index in [1.807, 2.05) is 65.8 Å². The third-order valence-corrected chi connectivity index (χ3v) is 11.2. The van der Waals surface area contributed by atoms with E-state index in [1.165, 1.54) is 9.87 Å². The van der Waals surface area contributed by atoms with Gasteiger partial charge in [0.2, 0.25) is 15.9 Å². The maximum absolute atomic E-state index is 13.9. The van der Waals surface area contributed by atoms with Crippen LogP contribution < -0.4 is 18.9 Å². The number of benzene rings is 3. The number of ether oxygens (including phenoxy) is 4. The molecule has 3 aromatic carbocycles. The normalized spacial score (nSPS) is 17.0. The standard InChI is InChI=1S/C38H51N3O7S/c1-7-45-33-14-13-29(23-34(33)46-8-2)22-32-31-25-36(48-10-4)35(47-9-3)24-30(31)15-16-40(32)26-38(42)39-17-19-41(20-18-39)49(43,44)37-21-27(5)11-12-28(37)6/h11-14,21,23-25,32H,7-10,15-20,22,26H2,1-6H3. The van der Waals surface area contributed by atoms with Gasteiger partial charge in [-0.2, -0.15) is 4.31 Å². The molecule has 0 N–H and O–H groups in total. The fraction of sp³-hybridized carbons (Fsp3) is 0.500. The van der Waals surface area contributed by atoms with Crippen LogP contribution in [-0.4, -0.2) is 94.1 Å². The number of hydrogen-bond acceptors (Lipinski definition) is 8. The lowest BCUT2D eigenvalue weighted by Gasteiger charge is -2.40. The number of carbonyl (C=O) groups excluding carboxylic acids is 1. The van der Waals surface area contributed by atoms with Crippen LogP contribution >= 0.6 is 0 Å². The van der Waals surface area contributed by atoms with Gasteiger partial charge in [-0.1, -0.05) is 18.2 Å². The van der Waals surface area contributed by atoms with Gasteiger partial charge in [0.15, 0.2) is 23.0 Å². The van der Waals surface area contributed by atoms with E-state index in [4.69, 9.17) is 18.9 Å². The van der Waals surface area contributed by atoms with E-state index in [0.29, 0.717) is 74.6 Å². The highest BCUT2D eigenvalue weighted by atomic mass is 32.2. The van der Waals surface area contributed by atoms with Crippen LogP contribution in [0.25, 0.3) is 0 Å². The Hall–Kier alpha value is -3.80. The monoisotopic (exact) mass is 693 g/mol. The Morgan fingerprint density at radius 1 is 0.735 bits per heavy atom. The van der Waals surface area contributed by atoms with Crippen LogP contribution in [0.2, 0.25) is 0 Å². The van der Waals surface area contributed by atoms with Crippen molar-refractivity contribution < 1.29 is 32.2 Å². The smallest absolute Gasteiger partial charge is 0.243 e. The molecule has 1 saturated heterocycles. The lowest BCUT2D eigenvalue weighted by atomic mass is 9.88. The highest BCUT2D eigenvalue weighted by Gasteiger charge is 2.35. The summed E-state index contributed by atoms with van der Waals surface area (Å²) in [5.74, 6) is 2.84. The summed E-state index contributed by atoms with van der Waals surface area (Å²) in [7, 11) is -3.66. The van der Waals surface area contributed by atoms with Gasteiger partial charge in [-0.3, -0.25) is 9.69 Å². The molecule has 3 aromatic rings. The van der Waals surface area contributed by atoms with Crippen molar-refractivity contribution in [2.45, 2.75) is 65.3 Å². The third-order valence-electron chi connectivity index (χ3n) is 9.20. The lowest BCUT2D eigenvalue weighted by molar-refractivity contribution is -0.134. The number of amides is 1. The first-order valence-corrected chi connectivity index (χ1v) is 18.9. The number of rotatable bonds is 14. The molecule has 49 heavy (non-hydrogen) atoms. The van der Waals surface area contributed by atoms with Crippen LogP contribution in [0.5, 0.6) is 23.0 Å². The molecular weight excluding hydrogens is 642 g/mol. The first kappa shape index (κ1) is 36.5. The number of nitrogens with zero attached hydrogens (tertiary/aromatic N) is 3. The quantitative estimate of drug-likeness (QED) is 0.216. The topological polar surface area (TPSA) is 97.9 Å². The van der Waals surface area contributed by atoms with Crippen molar-refractivity contribution in [2.24, 2.45) is 0 Å². The summed E-state index contributed by atoms with van der Waals surface area (Å²) in [6.07, 6.45) is 1.41. The van der Waals surface area contributed by atoms with E-state index in [1.54, 1.807) is 11.0 Å². The predicted octanol–water partition coefficient (Wildman–Crippen LogP) is 5.57. The SMILES string of the molecule is CCOc1ccc(CC2c3cc(OCC)c(OCC)cc3CCN2CC(=O)N2CCN(S(=O)(=O)c3cc(C)ccc3C)CC2)cc1OCC. The van der Waals surface area contributed by atoms with E-state index < -0.39 is 10.0 Å². The second-order valence-electron chi connectivity index (χ2n) is 12.5. The Morgan fingerprint density at radius 2 is 1.35 bits per heavy atom. The Bertz CT molecular complexity index is 1720. The summed E-state index contributed by atoms with van der Waals surface area (Å²) < 4.78 is 52.3. The molecular formula is C38H51N3O7S. The number of piperazine rings is 1. The van der Waals surface area contributed by atoms with Crippen molar-refractivity contribution in [2.75, 3.05) is 65.7 Å². The van der Waals surface area contributed by atoms with E-state index in [2.05, 4.69) is 23.1 Å². The fourth-order valence-corrected chi connectivity index (χ4v) is 8.48. The summed E-state index contributed by atoms with van der Waals surface area (Å²) in [6, 6.07) is 15.6. The second-order valence-corrected chi connectivity index (χ2v) is 14.4. The van der Waals surface area contributed by atoms with Crippen LogP contribution in [0.15, 0.2) is 53.4 Å². The van der Waals surface area contributed by atoms with Gasteiger partial charge in [0, 0.05) is 38.8 Å². The van der Waals surface area contributed by atoms with Crippen molar-refractivity contribution in [3.05, 3.63) is 76.3 Å². The fourth-order valence-electron chi connectivity index (χ4n) is 6.75. The van der Waals surface area contributed by atoms with Gasteiger partial charge in [0.25, 0.3) is 0 Å². The Labute approximate surface area is 291 Å². The molecule has 1 unspecified atom stereocenters. The summed E-state index contributed by atoms with van der Waals surface area (Å²) in [4.78, 5) is 18.3. The van der Waals surface area contributed by atoms with E-state index in [0.717, 1.165) is 34.4 Å². The van der Waals surface area contributed by atoms with Crippen molar-refractivity contribution in [1.82, 2.24) is 14.1 Å². The molecule has 1 atom stereocenters. The van der Waals surface area contributed by atoms with Gasteiger partial charge < -0.3 is 23.8 Å². The van der Waals surface area contributed by atoms with E-state index >= 15 is 0 Å². The van der Waals surface area contributed by atoms with E-state index in [-0.39, 0.29) is 31.6 Å². The lowest BCUT2D eigenvalue weighted by Crippen LogP contribution is -2.53.